The van der Waals surface area contributed by atoms with Gasteiger partial charge in [0.05, 0.1) is 0 Å². The molecule has 0 amide bonds. The second-order valence-electron chi connectivity index (χ2n) is 6.81. The highest BCUT2D eigenvalue weighted by molar-refractivity contribution is 7.56. The smallest absolute Gasteiger partial charge is 0.171 e. The van der Waals surface area contributed by atoms with E-state index in [1.54, 1.807) is 0 Å². The highest BCUT2D eigenvalue weighted by Gasteiger charge is 2.13. The van der Waals surface area contributed by atoms with Gasteiger partial charge in [-0.05, 0) is 43.3 Å². The zero-order chi connectivity index (χ0) is 19.2. The number of para-hydroxylation sites is 1. The van der Waals surface area contributed by atoms with Gasteiger partial charge in [0.1, 0.15) is 12.3 Å². The van der Waals surface area contributed by atoms with E-state index in [1.165, 1.54) is 22.0 Å². The Morgan fingerprint density at radius 1 is 0.889 bits per heavy atom. The fraction of sp³-hybridized carbons (Fsp3) is 0.208. The van der Waals surface area contributed by atoms with Crippen LogP contribution < -0.4 is 10.6 Å². The summed E-state index contributed by atoms with van der Waals surface area (Å²) in [6, 6.07) is 23.0. The van der Waals surface area contributed by atoms with Crippen LogP contribution in [0.3, 0.4) is 0 Å². The van der Waals surface area contributed by atoms with Gasteiger partial charge in [-0.1, -0.05) is 69.2 Å². The van der Waals surface area contributed by atoms with E-state index in [4.69, 9.17) is 0 Å². The van der Waals surface area contributed by atoms with Crippen molar-refractivity contribution in [1.82, 2.24) is 0 Å². The molecule has 0 aliphatic rings. The van der Waals surface area contributed by atoms with Crippen molar-refractivity contribution in [2.45, 2.75) is 27.3 Å². The van der Waals surface area contributed by atoms with Crippen molar-refractivity contribution in [2.75, 3.05) is 6.54 Å². The molecule has 0 aromatic heterocycles. The average molecular weight is 376 g/mol. The van der Waals surface area contributed by atoms with E-state index in [1.807, 2.05) is 25.1 Å². The van der Waals surface area contributed by atoms with Crippen molar-refractivity contribution in [3.05, 3.63) is 89.0 Å². The van der Waals surface area contributed by atoms with Crippen LogP contribution in [-0.2, 0) is 6.54 Å². The average Bonchev–Trinajstić information content (AvgIpc) is 2.68. The Morgan fingerprint density at radius 2 is 1.59 bits per heavy atom. The van der Waals surface area contributed by atoms with Crippen molar-refractivity contribution < 1.29 is 9.68 Å². The van der Waals surface area contributed by atoms with Crippen LogP contribution in [0.2, 0.25) is 0 Å². The number of aryl methyl sites for hydroxylation is 2. The van der Waals surface area contributed by atoms with Gasteiger partial charge in [-0.3, -0.25) is 0 Å². The third kappa shape index (κ3) is 4.84. The molecule has 0 saturated heterocycles. The highest BCUT2D eigenvalue weighted by atomic mass is 31.1. The molecule has 0 fully saturated rings. The molecule has 138 valence electrons. The van der Waals surface area contributed by atoms with Crippen LogP contribution in [0.15, 0.2) is 66.7 Å². The van der Waals surface area contributed by atoms with Crippen LogP contribution in [0, 0.1) is 13.8 Å². The topological polar surface area (TPSA) is 23.2 Å². The minimum absolute atomic E-state index is 0.418. The van der Waals surface area contributed by atoms with Crippen LogP contribution in [0.5, 0.6) is 5.75 Å². The molecule has 27 heavy (non-hydrogen) atoms. The number of hydrogen-bond acceptors (Lipinski definition) is 1. The maximum absolute atomic E-state index is 10.4. The van der Waals surface area contributed by atoms with Crippen LogP contribution >= 0.6 is 8.58 Å². The van der Waals surface area contributed by atoms with Crippen LogP contribution in [-0.4, -0.2) is 22.4 Å². The quantitative estimate of drug-likeness (QED) is 0.387. The van der Waals surface area contributed by atoms with Gasteiger partial charge in [0.2, 0.25) is 0 Å². The lowest BCUT2D eigenvalue weighted by atomic mass is 10.1. The molecule has 2 nitrogen and oxygen atoms in total. The summed E-state index contributed by atoms with van der Waals surface area (Å²) in [4.78, 5) is 0. The molecule has 1 atom stereocenters. The summed E-state index contributed by atoms with van der Waals surface area (Å²) in [7, 11) is 0.431. The van der Waals surface area contributed by atoms with E-state index in [-0.39, 0.29) is 0 Å². The second-order valence-corrected chi connectivity index (χ2v) is 8.10. The van der Waals surface area contributed by atoms with Crippen molar-refractivity contribution in [3.63, 3.8) is 0 Å². The molecule has 3 aromatic carbocycles. The third-order valence-corrected chi connectivity index (χ3v) is 6.36. The molecule has 3 heteroatoms. The first-order valence-electron chi connectivity index (χ1n) is 9.36. The molecule has 3 aromatic rings. The number of benzene rings is 3. The number of rotatable bonds is 6. The molecule has 0 aliphatic carbocycles. The second kappa shape index (κ2) is 8.97. The maximum atomic E-state index is 10.4. The molecule has 0 bridgehead atoms. The minimum atomic E-state index is 0.418. The largest absolute Gasteiger partial charge is 0.507 e. The van der Waals surface area contributed by atoms with Crippen molar-refractivity contribution in [3.8, 4) is 5.75 Å². The molecule has 1 N–H and O–H groups in total. The molecule has 0 saturated carbocycles. The number of aromatic hydroxyl groups is 1. The van der Waals surface area contributed by atoms with E-state index in [0.717, 1.165) is 24.0 Å². The standard InChI is InChI=1S/C24H26NOP/c1-4-25(16-20-12-6-5-7-13-20)17-21-14-8-11-19(3)24(21)27-22-15-9-10-18(2)23(22)26/h5-15,17,27H,4,16H2,1-3H3/p+1. The summed E-state index contributed by atoms with van der Waals surface area (Å²) in [5.74, 6) is 0.418. The number of nitrogens with zero attached hydrogens (tertiary/aromatic N) is 1. The summed E-state index contributed by atoms with van der Waals surface area (Å²) in [6.45, 7) is 8.13. The third-order valence-electron chi connectivity index (χ3n) is 4.76. The number of phenols is 1. The van der Waals surface area contributed by atoms with Gasteiger partial charge < -0.3 is 5.11 Å². The lowest BCUT2D eigenvalue weighted by Gasteiger charge is -2.12. The molecule has 0 spiro atoms. The molecule has 3 rings (SSSR count). The van der Waals surface area contributed by atoms with Gasteiger partial charge >= 0.3 is 0 Å². The number of phenolic OH excluding ortho intramolecular Hbond substituents is 1. The van der Waals surface area contributed by atoms with Crippen molar-refractivity contribution in [1.29, 1.82) is 0 Å². The molecule has 0 aliphatic heterocycles. The van der Waals surface area contributed by atoms with Gasteiger partial charge in [-0.15, -0.1) is 0 Å². The lowest BCUT2D eigenvalue weighted by molar-refractivity contribution is -0.535. The van der Waals surface area contributed by atoms with E-state index in [0.29, 0.717) is 14.3 Å². The van der Waals surface area contributed by atoms with Gasteiger partial charge in [-0.2, -0.15) is 0 Å². The predicted molar refractivity (Wildman–Crippen MR) is 118 cm³/mol. The predicted octanol–water partition coefficient (Wildman–Crippen LogP) is 4.29. The fourth-order valence-electron chi connectivity index (χ4n) is 3.13. The first kappa shape index (κ1) is 19.3. The first-order chi connectivity index (χ1) is 13.1. The zero-order valence-electron chi connectivity index (χ0n) is 16.2. The number of hydrogen-bond donors (Lipinski definition) is 1. The molecule has 0 radical (unpaired) electrons. The summed E-state index contributed by atoms with van der Waals surface area (Å²) >= 11 is 0. The Morgan fingerprint density at radius 3 is 2.33 bits per heavy atom. The van der Waals surface area contributed by atoms with Crippen LogP contribution in [0.1, 0.15) is 29.2 Å². The van der Waals surface area contributed by atoms with Gasteiger partial charge in [0.25, 0.3) is 0 Å². The Kier molecular flexibility index (Phi) is 6.42. The van der Waals surface area contributed by atoms with Crippen LogP contribution in [0.4, 0.5) is 0 Å². The zero-order valence-corrected chi connectivity index (χ0v) is 17.2. The highest BCUT2D eigenvalue weighted by Crippen LogP contribution is 2.24. The fourth-order valence-corrected chi connectivity index (χ4v) is 4.46. The maximum Gasteiger partial charge on any atom is 0.171 e. The Bertz CT molecular complexity index is 948. The Balaban J connectivity index is 1.96. The van der Waals surface area contributed by atoms with Gasteiger partial charge in [0.15, 0.2) is 12.8 Å². The molecular weight excluding hydrogens is 349 g/mol. The minimum Gasteiger partial charge on any atom is -0.507 e. The SMILES string of the molecule is CC[N+](=Cc1cccc(C)c1Pc1cccc(C)c1O)Cc1ccccc1. The first-order valence-corrected chi connectivity index (χ1v) is 10.4. The van der Waals surface area contributed by atoms with E-state index < -0.39 is 0 Å². The van der Waals surface area contributed by atoms with E-state index in [9.17, 15) is 5.11 Å². The van der Waals surface area contributed by atoms with Crippen LogP contribution in [0.25, 0.3) is 0 Å². The van der Waals surface area contributed by atoms with E-state index in [2.05, 4.69) is 73.2 Å². The molecule has 0 heterocycles. The van der Waals surface area contributed by atoms with Gasteiger partial charge in [0, 0.05) is 16.4 Å². The van der Waals surface area contributed by atoms with Crippen molar-refractivity contribution in [2.24, 2.45) is 0 Å². The molecular formula is C24H27NOP+. The normalized spacial score (nSPS) is 12.0. The van der Waals surface area contributed by atoms with E-state index >= 15 is 0 Å². The van der Waals surface area contributed by atoms with Gasteiger partial charge in [-0.25, -0.2) is 4.58 Å². The summed E-state index contributed by atoms with van der Waals surface area (Å²) in [6.07, 6.45) is 2.26. The summed E-state index contributed by atoms with van der Waals surface area (Å²) < 4.78 is 2.34. The summed E-state index contributed by atoms with van der Waals surface area (Å²) in [5, 5.41) is 12.8. The Hall–Kier alpha value is -2.44. The lowest BCUT2D eigenvalue weighted by Crippen LogP contribution is -2.19. The Labute approximate surface area is 164 Å². The van der Waals surface area contributed by atoms with Crippen molar-refractivity contribution >= 4 is 25.4 Å². The monoisotopic (exact) mass is 376 g/mol. The molecule has 1 unspecified atom stereocenters. The summed E-state index contributed by atoms with van der Waals surface area (Å²) in [5.41, 5.74) is 4.73.